The van der Waals surface area contributed by atoms with E-state index in [1.807, 2.05) is 45.3 Å². The van der Waals surface area contributed by atoms with Crippen LogP contribution in [0.4, 0.5) is 0 Å². The van der Waals surface area contributed by atoms with Gasteiger partial charge in [0.1, 0.15) is 5.75 Å². The number of thiophene rings is 1. The molecule has 1 amide bonds. The first-order chi connectivity index (χ1) is 10.6. The summed E-state index contributed by atoms with van der Waals surface area (Å²) in [6.07, 6.45) is 0. The van der Waals surface area contributed by atoms with Crippen LogP contribution in [0.15, 0.2) is 41.8 Å². The molecule has 0 aliphatic heterocycles. The van der Waals surface area contributed by atoms with Crippen molar-refractivity contribution >= 4 is 17.2 Å². The van der Waals surface area contributed by atoms with E-state index < -0.39 is 0 Å². The molecule has 4 nitrogen and oxygen atoms in total. The normalized spacial score (nSPS) is 12.2. The van der Waals surface area contributed by atoms with Gasteiger partial charge in [-0.2, -0.15) is 0 Å². The molecule has 2 rings (SSSR count). The summed E-state index contributed by atoms with van der Waals surface area (Å²) in [5.41, 5.74) is 0.577. The Hall–Kier alpha value is -1.85. The van der Waals surface area contributed by atoms with Gasteiger partial charge in [0.2, 0.25) is 0 Å². The fraction of sp³-hybridized carbons (Fsp3) is 0.353. The molecule has 0 saturated heterocycles. The summed E-state index contributed by atoms with van der Waals surface area (Å²) in [4.78, 5) is 15.8. The van der Waals surface area contributed by atoms with Crippen LogP contribution in [0.1, 0.15) is 28.2 Å². The van der Waals surface area contributed by atoms with Gasteiger partial charge in [-0.15, -0.1) is 11.3 Å². The number of benzene rings is 1. The van der Waals surface area contributed by atoms with Crippen LogP contribution < -0.4 is 10.1 Å². The first-order valence-electron chi connectivity index (χ1n) is 7.33. The maximum atomic E-state index is 12.4. The predicted octanol–water partition coefficient (Wildman–Crippen LogP) is 3.18. The minimum atomic E-state index is -0.104. The van der Waals surface area contributed by atoms with Crippen LogP contribution in [0, 0.1) is 0 Å². The van der Waals surface area contributed by atoms with Crippen molar-refractivity contribution in [1.29, 1.82) is 0 Å². The number of carbonyl (C=O) groups is 1. The molecule has 5 heteroatoms. The lowest BCUT2D eigenvalue weighted by Crippen LogP contribution is -2.34. The number of hydrogen-bond acceptors (Lipinski definition) is 4. The van der Waals surface area contributed by atoms with Crippen molar-refractivity contribution in [3.05, 3.63) is 52.2 Å². The van der Waals surface area contributed by atoms with E-state index in [1.165, 1.54) is 4.88 Å². The summed E-state index contributed by atoms with van der Waals surface area (Å²) in [6.45, 7) is 3.01. The van der Waals surface area contributed by atoms with Crippen molar-refractivity contribution in [3.63, 3.8) is 0 Å². The van der Waals surface area contributed by atoms with Crippen molar-refractivity contribution in [2.24, 2.45) is 0 Å². The number of carbonyl (C=O) groups excluding carboxylic acids is 1. The zero-order chi connectivity index (χ0) is 15.9. The second-order valence-corrected chi connectivity index (χ2v) is 6.11. The molecule has 1 atom stereocenters. The minimum Gasteiger partial charge on any atom is -0.493 e. The van der Waals surface area contributed by atoms with E-state index in [2.05, 4.69) is 21.7 Å². The highest BCUT2D eigenvalue weighted by atomic mass is 32.1. The monoisotopic (exact) mass is 318 g/mol. The molecule has 0 aliphatic rings. The van der Waals surface area contributed by atoms with E-state index in [4.69, 9.17) is 4.74 Å². The first-order valence-corrected chi connectivity index (χ1v) is 8.21. The van der Waals surface area contributed by atoms with Gasteiger partial charge in [0, 0.05) is 11.4 Å². The lowest BCUT2D eigenvalue weighted by atomic mass is 10.1. The molecule has 1 heterocycles. The summed E-state index contributed by atoms with van der Waals surface area (Å²) < 4.78 is 5.52. The SMILES string of the molecule is CCOc1ccccc1C(=O)NCC(c1cccs1)N(C)C. The van der Waals surface area contributed by atoms with Crippen molar-refractivity contribution in [2.45, 2.75) is 13.0 Å². The van der Waals surface area contributed by atoms with E-state index in [0.29, 0.717) is 24.5 Å². The number of amides is 1. The van der Waals surface area contributed by atoms with E-state index >= 15 is 0 Å². The van der Waals surface area contributed by atoms with Gasteiger partial charge in [-0.25, -0.2) is 0 Å². The molecule has 0 bridgehead atoms. The summed E-state index contributed by atoms with van der Waals surface area (Å²) in [5.74, 6) is 0.521. The second kappa shape index (κ2) is 7.96. The molecule has 1 unspecified atom stereocenters. The molecular formula is C17H22N2O2S. The number of para-hydroxylation sites is 1. The second-order valence-electron chi connectivity index (χ2n) is 5.13. The Bertz CT molecular complexity index is 596. The highest BCUT2D eigenvalue weighted by Gasteiger charge is 2.18. The molecule has 118 valence electrons. The summed E-state index contributed by atoms with van der Waals surface area (Å²) in [7, 11) is 4.04. The van der Waals surface area contributed by atoms with Gasteiger partial charge in [0.25, 0.3) is 5.91 Å². The molecule has 0 spiro atoms. The van der Waals surface area contributed by atoms with Gasteiger partial charge < -0.3 is 15.0 Å². The molecule has 0 radical (unpaired) electrons. The van der Waals surface area contributed by atoms with Gasteiger partial charge in [0.15, 0.2) is 0 Å². The third-order valence-corrected chi connectivity index (χ3v) is 4.36. The Morgan fingerprint density at radius 2 is 2.05 bits per heavy atom. The zero-order valence-corrected chi connectivity index (χ0v) is 14.0. The average molecular weight is 318 g/mol. The first kappa shape index (κ1) is 16.5. The Morgan fingerprint density at radius 1 is 1.27 bits per heavy atom. The van der Waals surface area contributed by atoms with E-state index in [0.717, 1.165) is 0 Å². The van der Waals surface area contributed by atoms with Gasteiger partial charge >= 0.3 is 0 Å². The van der Waals surface area contributed by atoms with E-state index in [1.54, 1.807) is 17.4 Å². The minimum absolute atomic E-state index is 0.104. The van der Waals surface area contributed by atoms with Crippen LogP contribution in [-0.4, -0.2) is 38.1 Å². The predicted molar refractivity (Wildman–Crippen MR) is 90.7 cm³/mol. The van der Waals surface area contributed by atoms with Gasteiger partial charge in [-0.3, -0.25) is 4.79 Å². The smallest absolute Gasteiger partial charge is 0.255 e. The zero-order valence-electron chi connectivity index (χ0n) is 13.2. The lowest BCUT2D eigenvalue weighted by molar-refractivity contribution is 0.0938. The largest absolute Gasteiger partial charge is 0.493 e. The highest BCUT2D eigenvalue weighted by Crippen LogP contribution is 2.23. The van der Waals surface area contributed by atoms with Crippen molar-refractivity contribution < 1.29 is 9.53 Å². The van der Waals surface area contributed by atoms with Gasteiger partial charge in [-0.05, 0) is 44.6 Å². The van der Waals surface area contributed by atoms with Crippen LogP contribution in [0.2, 0.25) is 0 Å². The van der Waals surface area contributed by atoms with Crippen LogP contribution >= 0.6 is 11.3 Å². The van der Waals surface area contributed by atoms with Crippen molar-refractivity contribution in [2.75, 3.05) is 27.2 Å². The molecule has 22 heavy (non-hydrogen) atoms. The molecular weight excluding hydrogens is 296 g/mol. The quantitative estimate of drug-likeness (QED) is 0.852. The summed E-state index contributed by atoms with van der Waals surface area (Å²) >= 11 is 1.70. The highest BCUT2D eigenvalue weighted by molar-refractivity contribution is 7.10. The van der Waals surface area contributed by atoms with Crippen molar-refractivity contribution in [3.8, 4) is 5.75 Å². The van der Waals surface area contributed by atoms with Crippen molar-refractivity contribution in [1.82, 2.24) is 10.2 Å². The maximum absolute atomic E-state index is 12.4. The van der Waals surface area contributed by atoms with Crippen LogP contribution in [0.5, 0.6) is 5.75 Å². The number of hydrogen-bond donors (Lipinski definition) is 1. The fourth-order valence-corrected chi connectivity index (χ4v) is 3.16. The fourth-order valence-electron chi connectivity index (χ4n) is 2.24. The number of ether oxygens (including phenoxy) is 1. The van der Waals surface area contributed by atoms with Gasteiger partial charge in [0.05, 0.1) is 18.2 Å². The topological polar surface area (TPSA) is 41.6 Å². The lowest BCUT2D eigenvalue weighted by Gasteiger charge is -2.23. The summed E-state index contributed by atoms with van der Waals surface area (Å²) in [6, 6.07) is 11.6. The Balaban J connectivity index is 2.06. The Morgan fingerprint density at radius 3 is 2.68 bits per heavy atom. The van der Waals surface area contributed by atoms with Gasteiger partial charge in [-0.1, -0.05) is 18.2 Å². The molecule has 2 aromatic rings. The molecule has 1 aromatic heterocycles. The maximum Gasteiger partial charge on any atom is 0.255 e. The molecule has 0 aliphatic carbocycles. The number of rotatable bonds is 7. The van der Waals surface area contributed by atoms with Crippen LogP contribution in [0.3, 0.4) is 0 Å². The molecule has 0 saturated carbocycles. The Labute approximate surface area is 135 Å². The van der Waals surface area contributed by atoms with Crippen LogP contribution in [-0.2, 0) is 0 Å². The third kappa shape index (κ3) is 4.08. The third-order valence-electron chi connectivity index (χ3n) is 3.38. The Kier molecular flexibility index (Phi) is 5.98. The molecule has 1 aromatic carbocycles. The average Bonchev–Trinajstić information content (AvgIpc) is 3.02. The van der Waals surface area contributed by atoms with E-state index in [9.17, 15) is 4.79 Å². The van der Waals surface area contributed by atoms with E-state index in [-0.39, 0.29) is 11.9 Å². The van der Waals surface area contributed by atoms with Crippen LogP contribution in [0.25, 0.3) is 0 Å². The standard InChI is InChI=1S/C17H22N2O2S/c1-4-21-15-9-6-5-8-13(15)17(20)18-12-14(19(2)3)16-10-7-11-22-16/h5-11,14H,4,12H2,1-3H3,(H,18,20). The number of nitrogens with zero attached hydrogens (tertiary/aromatic N) is 1. The number of likely N-dealkylation sites (N-methyl/N-ethyl adjacent to an activating group) is 1. The number of nitrogens with one attached hydrogen (secondary N) is 1. The molecule has 0 fully saturated rings. The molecule has 1 N–H and O–H groups in total. The summed E-state index contributed by atoms with van der Waals surface area (Å²) in [5, 5.41) is 5.07.